The van der Waals surface area contributed by atoms with Gasteiger partial charge >= 0.3 is 0 Å². The van der Waals surface area contributed by atoms with E-state index < -0.39 is 16.0 Å². The maximum absolute atomic E-state index is 11.9. The van der Waals surface area contributed by atoms with Crippen molar-refractivity contribution in [2.45, 2.75) is 0 Å². The van der Waals surface area contributed by atoms with E-state index in [0.29, 0.717) is 26.2 Å². The van der Waals surface area contributed by atoms with E-state index in [4.69, 9.17) is 0 Å². The molecule has 0 radical (unpaired) electrons. The molecule has 1 saturated heterocycles. The van der Waals surface area contributed by atoms with E-state index in [-0.39, 0.29) is 0 Å². The lowest BCUT2D eigenvalue weighted by Gasteiger charge is -2.25. The van der Waals surface area contributed by atoms with Crippen molar-refractivity contribution >= 4 is 10.0 Å². The predicted octanol–water partition coefficient (Wildman–Crippen LogP) is -0.852. The van der Waals surface area contributed by atoms with Crippen molar-refractivity contribution in [2.24, 2.45) is 0 Å². The highest BCUT2D eigenvalue weighted by Crippen LogP contribution is 2.02. The minimum atomic E-state index is -3.59. The Labute approximate surface area is 65.4 Å². The van der Waals surface area contributed by atoms with E-state index in [1.54, 1.807) is 0 Å². The lowest BCUT2D eigenvalue weighted by Crippen LogP contribution is -2.46. The van der Waals surface area contributed by atoms with Crippen molar-refractivity contribution < 1.29 is 12.8 Å². The van der Waals surface area contributed by atoms with Crippen LogP contribution in [0.4, 0.5) is 4.39 Å². The van der Waals surface area contributed by atoms with Crippen LogP contribution in [0.2, 0.25) is 0 Å². The molecule has 0 spiro atoms. The molecule has 1 N–H and O–H groups in total. The Morgan fingerprint density at radius 2 is 1.91 bits per heavy atom. The summed E-state index contributed by atoms with van der Waals surface area (Å²) >= 11 is 0. The first-order chi connectivity index (χ1) is 5.17. The van der Waals surface area contributed by atoms with Gasteiger partial charge in [0.05, 0.1) is 0 Å². The summed E-state index contributed by atoms with van der Waals surface area (Å²) in [4.78, 5) is 0. The number of hydrogen-bond donors (Lipinski definition) is 1. The minimum Gasteiger partial charge on any atom is -0.314 e. The molecule has 0 aromatic heterocycles. The molecule has 1 rings (SSSR count). The lowest BCUT2D eigenvalue weighted by molar-refractivity contribution is 0.351. The zero-order valence-corrected chi connectivity index (χ0v) is 6.90. The number of rotatable bonds is 2. The van der Waals surface area contributed by atoms with Crippen molar-refractivity contribution in [3.05, 3.63) is 0 Å². The summed E-state index contributed by atoms with van der Waals surface area (Å²) < 4.78 is 34.8. The summed E-state index contributed by atoms with van der Waals surface area (Å²) in [5, 5.41) is 2.98. The summed E-state index contributed by atoms with van der Waals surface area (Å²) in [6.07, 6.45) is 0. The molecule has 4 nitrogen and oxygen atoms in total. The monoisotopic (exact) mass is 182 g/mol. The molecule has 1 fully saturated rings. The first-order valence-corrected chi connectivity index (χ1v) is 5.02. The second-order valence-corrected chi connectivity index (χ2v) is 4.27. The second-order valence-electron chi connectivity index (χ2n) is 2.37. The Hall–Kier alpha value is -0.200. The number of alkyl halides is 1. The summed E-state index contributed by atoms with van der Waals surface area (Å²) in [6, 6.07) is -1.28. The Morgan fingerprint density at radius 1 is 1.36 bits per heavy atom. The number of piperazine rings is 1. The molecule has 0 aromatic carbocycles. The molecule has 1 aliphatic heterocycles. The Kier molecular flexibility index (Phi) is 2.80. The SMILES string of the molecule is O=S(=O)(CF)N1CCNCC1. The van der Waals surface area contributed by atoms with E-state index in [9.17, 15) is 12.8 Å². The smallest absolute Gasteiger partial charge is 0.243 e. The number of nitrogens with zero attached hydrogens (tertiary/aromatic N) is 1. The van der Waals surface area contributed by atoms with E-state index in [0.717, 1.165) is 0 Å². The average molecular weight is 182 g/mol. The van der Waals surface area contributed by atoms with Gasteiger partial charge in [-0.2, -0.15) is 4.31 Å². The number of nitrogens with one attached hydrogen (secondary N) is 1. The van der Waals surface area contributed by atoms with Gasteiger partial charge in [-0.25, -0.2) is 12.8 Å². The van der Waals surface area contributed by atoms with Crippen molar-refractivity contribution in [1.82, 2.24) is 9.62 Å². The largest absolute Gasteiger partial charge is 0.314 e. The van der Waals surface area contributed by atoms with Crippen LogP contribution in [0.15, 0.2) is 0 Å². The average Bonchev–Trinajstić information content (AvgIpc) is 2.06. The lowest BCUT2D eigenvalue weighted by atomic mass is 10.4. The van der Waals surface area contributed by atoms with Gasteiger partial charge < -0.3 is 5.32 Å². The third-order valence-electron chi connectivity index (χ3n) is 1.61. The van der Waals surface area contributed by atoms with Gasteiger partial charge in [-0.05, 0) is 0 Å². The van der Waals surface area contributed by atoms with Gasteiger partial charge in [0.15, 0.2) is 0 Å². The first kappa shape index (κ1) is 8.89. The molecular formula is C5H11FN2O2S. The number of halogens is 1. The van der Waals surface area contributed by atoms with Crippen LogP contribution < -0.4 is 5.32 Å². The van der Waals surface area contributed by atoms with Crippen molar-refractivity contribution in [3.8, 4) is 0 Å². The molecule has 0 unspecified atom stereocenters. The van der Waals surface area contributed by atoms with Crippen LogP contribution in [-0.4, -0.2) is 44.9 Å². The molecule has 1 heterocycles. The fourth-order valence-electron chi connectivity index (χ4n) is 0.991. The van der Waals surface area contributed by atoms with Crippen LogP contribution in [0.1, 0.15) is 0 Å². The Balaban J connectivity index is 2.58. The van der Waals surface area contributed by atoms with Crippen LogP contribution in [0, 0.1) is 0 Å². The molecule has 0 aromatic rings. The van der Waals surface area contributed by atoms with Gasteiger partial charge in [0.2, 0.25) is 16.0 Å². The molecule has 0 saturated carbocycles. The molecule has 66 valence electrons. The fraction of sp³-hybridized carbons (Fsp3) is 1.00. The third kappa shape index (κ3) is 2.11. The Bertz CT molecular complexity index is 211. The summed E-state index contributed by atoms with van der Waals surface area (Å²) in [7, 11) is -3.59. The van der Waals surface area contributed by atoms with Crippen LogP contribution in [0.5, 0.6) is 0 Å². The zero-order chi connectivity index (χ0) is 8.32. The molecule has 1 aliphatic rings. The molecule has 0 atom stereocenters. The normalized spacial score (nSPS) is 21.9. The highest BCUT2D eigenvalue weighted by Gasteiger charge is 2.22. The molecule has 0 amide bonds. The van der Waals surface area contributed by atoms with E-state index in [1.165, 1.54) is 4.31 Å². The molecule has 0 bridgehead atoms. The standard InChI is InChI=1S/C5H11FN2O2S/c6-5-11(9,10)8-3-1-7-2-4-8/h7H,1-5H2. The van der Waals surface area contributed by atoms with Gasteiger partial charge in [-0.15, -0.1) is 0 Å². The maximum Gasteiger partial charge on any atom is 0.243 e. The molecule has 6 heteroatoms. The van der Waals surface area contributed by atoms with Gasteiger partial charge in [0, 0.05) is 26.2 Å². The van der Waals surface area contributed by atoms with E-state index in [1.807, 2.05) is 0 Å². The summed E-state index contributed by atoms with van der Waals surface area (Å²) in [6.45, 7) is 1.98. The topological polar surface area (TPSA) is 49.4 Å². The highest BCUT2D eigenvalue weighted by atomic mass is 32.2. The zero-order valence-electron chi connectivity index (χ0n) is 6.09. The van der Waals surface area contributed by atoms with Gasteiger partial charge in [-0.3, -0.25) is 0 Å². The highest BCUT2D eigenvalue weighted by molar-refractivity contribution is 7.88. The van der Waals surface area contributed by atoms with Crippen LogP contribution in [-0.2, 0) is 10.0 Å². The third-order valence-corrected chi connectivity index (χ3v) is 3.03. The number of hydrogen-bond acceptors (Lipinski definition) is 3. The van der Waals surface area contributed by atoms with E-state index in [2.05, 4.69) is 5.32 Å². The van der Waals surface area contributed by atoms with Gasteiger partial charge in [-0.1, -0.05) is 0 Å². The minimum absolute atomic E-state index is 0.381. The second kappa shape index (κ2) is 3.46. The van der Waals surface area contributed by atoms with Gasteiger partial charge in [0.25, 0.3) is 0 Å². The summed E-state index contributed by atoms with van der Waals surface area (Å²) in [5.41, 5.74) is 0. The predicted molar refractivity (Wildman–Crippen MR) is 39.3 cm³/mol. The van der Waals surface area contributed by atoms with Crippen molar-refractivity contribution in [1.29, 1.82) is 0 Å². The molecule has 11 heavy (non-hydrogen) atoms. The quantitative estimate of drug-likeness (QED) is 0.605. The van der Waals surface area contributed by atoms with Crippen LogP contribution >= 0.6 is 0 Å². The van der Waals surface area contributed by atoms with Gasteiger partial charge in [0.1, 0.15) is 0 Å². The van der Waals surface area contributed by atoms with E-state index >= 15 is 0 Å². The van der Waals surface area contributed by atoms with Crippen molar-refractivity contribution in [2.75, 3.05) is 32.2 Å². The maximum atomic E-state index is 11.9. The Morgan fingerprint density at radius 3 is 2.36 bits per heavy atom. The van der Waals surface area contributed by atoms with Crippen LogP contribution in [0.3, 0.4) is 0 Å². The summed E-state index contributed by atoms with van der Waals surface area (Å²) in [5.74, 6) is 0. The van der Waals surface area contributed by atoms with Crippen LogP contribution in [0.25, 0.3) is 0 Å². The van der Waals surface area contributed by atoms with Crippen molar-refractivity contribution in [3.63, 3.8) is 0 Å². The molecular weight excluding hydrogens is 171 g/mol. The fourth-order valence-corrected chi connectivity index (χ4v) is 1.87. The first-order valence-electron chi connectivity index (χ1n) is 3.41. The molecule has 0 aliphatic carbocycles. The number of sulfonamides is 1.